The highest BCUT2D eigenvalue weighted by Gasteiger charge is 2.46. The Balaban J connectivity index is 1.64. The molecule has 0 aliphatic carbocycles. The quantitative estimate of drug-likeness (QED) is 0.300. The molecule has 3 unspecified atom stereocenters. The zero-order valence-electron chi connectivity index (χ0n) is 18.3. The highest BCUT2D eigenvalue weighted by atomic mass is 32.2. The second kappa shape index (κ2) is 11.8. The van der Waals surface area contributed by atoms with Crippen LogP contribution in [0.3, 0.4) is 0 Å². The Kier molecular flexibility index (Phi) is 9.15. The minimum atomic E-state index is -3.98. The van der Waals surface area contributed by atoms with Crippen LogP contribution in [0, 0.1) is 5.92 Å². The van der Waals surface area contributed by atoms with Gasteiger partial charge in [-0.15, -0.1) is 0 Å². The fourth-order valence-electron chi connectivity index (χ4n) is 4.18. The van der Waals surface area contributed by atoms with E-state index >= 15 is 0 Å². The number of alkyl halides is 1. The van der Waals surface area contributed by atoms with Gasteiger partial charge < -0.3 is 14.4 Å². The summed E-state index contributed by atoms with van der Waals surface area (Å²) in [6.07, 6.45) is -0.954. The van der Waals surface area contributed by atoms with Crippen LogP contribution in [0.15, 0.2) is 30.3 Å². The van der Waals surface area contributed by atoms with Crippen LogP contribution < -0.4 is 5.48 Å². The van der Waals surface area contributed by atoms with E-state index in [2.05, 4.69) is 0 Å². The molecular formula is C21H30FN3O7S. The molecule has 2 aliphatic heterocycles. The van der Waals surface area contributed by atoms with Gasteiger partial charge >= 0.3 is 0 Å². The summed E-state index contributed by atoms with van der Waals surface area (Å²) in [5, 5.41) is 9.24. The second-order valence-corrected chi connectivity index (χ2v) is 10.0. The molecule has 0 spiro atoms. The molecular weight excluding hydrogens is 457 g/mol. The molecule has 1 aromatic rings. The smallest absolute Gasteiger partial charge is 0.262 e. The number of carbonyl (C=O) groups excluding carboxylic acids is 2. The van der Waals surface area contributed by atoms with Gasteiger partial charge in [-0.25, -0.2) is 18.3 Å². The lowest BCUT2D eigenvalue weighted by atomic mass is 9.89. The summed E-state index contributed by atoms with van der Waals surface area (Å²) in [5.41, 5.74) is 1.84. The topological polar surface area (TPSA) is 125 Å². The summed E-state index contributed by atoms with van der Waals surface area (Å²) in [7, 11) is -3.98. The molecule has 2 aliphatic rings. The van der Waals surface area contributed by atoms with Crippen LogP contribution in [0.1, 0.15) is 31.2 Å². The second-order valence-electron chi connectivity index (χ2n) is 7.99. The van der Waals surface area contributed by atoms with Crippen molar-refractivity contribution in [2.45, 2.75) is 31.7 Å². The summed E-state index contributed by atoms with van der Waals surface area (Å²) in [6, 6.07) is 6.87. The first-order valence-corrected chi connectivity index (χ1v) is 12.6. The summed E-state index contributed by atoms with van der Waals surface area (Å²) < 4.78 is 51.6. The molecule has 0 saturated carbocycles. The van der Waals surface area contributed by atoms with Crippen LogP contribution in [-0.2, 0) is 29.1 Å². The summed E-state index contributed by atoms with van der Waals surface area (Å²) in [4.78, 5) is 27.1. The number of hydrogen-bond acceptors (Lipinski definition) is 7. The van der Waals surface area contributed by atoms with Crippen LogP contribution >= 0.6 is 0 Å². The molecule has 12 heteroatoms. The van der Waals surface area contributed by atoms with Gasteiger partial charge in [-0.05, 0) is 19.3 Å². The number of ether oxygens (including phenoxy) is 2. The zero-order valence-corrected chi connectivity index (χ0v) is 19.1. The van der Waals surface area contributed by atoms with Crippen molar-refractivity contribution < 1.29 is 37.1 Å². The molecule has 3 atom stereocenters. The van der Waals surface area contributed by atoms with Gasteiger partial charge in [0, 0.05) is 25.2 Å². The third-order valence-corrected chi connectivity index (χ3v) is 7.76. The van der Waals surface area contributed by atoms with Crippen LogP contribution in [0.5, 0.6) is 0 Å². The first-order valence-electron chi connectivity index (χ1n) is 11.0. The van der Waals surface area contributed by atoms with E-state index < -0.39 is 34.2 Å². The standard InChI is InChI=1S/C21H30FN3O7S/c22-19(16-6-2-1-3-7-16)32-12-5-15-33(29,30)25-9-4-8-17(18(25)20(26)23-28)21(27)24-10-13-31-14-11-24/h1-3,6-7,17-19,28H,4-5,8-15H2,(H,23,26). The van der Waals surface area contributed by atoms with Gasteiger partial charge in [0.1, 0.15) is 6.04 Å². The minimum absolute atomic E-state index is 0.00161. The first-order chi connectivity index (χ1) is 15.8. The number of hydroxylamine groups is 1. The number of halogens is 1. The number of hydrogen-bond donors (Lipinski definition) is 2. The molecule has 2 fully saturated rings. The Morgan fingerprint density at radius 2 is 1.91 bits per heavy atom. The van der Waals surface area contributed by atoms with E-state index in [0.717, 1.165) is 4.31 Å². The number of piperidine rings is 1. The maximum Gasteiger partial charge on any atom is 0.262 e. The van der Waals surface area contributed by atoms with Gasteiger partial charge in [0.25, 0.3) is 5.91 Å². The number of carbonyl (C=O) groups is 2. The van der Waals surface area contributed by atoms with E-state index in [1.165, 1.54) is 5.48 Å². The first kappa shape index (κ1) is 25.5. The number of nitrogens with one attached hydrogen (secondary N) is 1. The van der Waals surface area contributed by atoms with Crippen LogP contribution in [0.4, 0.5) is 4.39 Å². The van der Waals surface area contributed by atoms with E-state index in [-0.39, 0.29) is 31.2 Å². The van der Waals surface area contributed by atoms with Crippen molar-refractivity contribution in [3.63, 3.8) is 0 Å². The molecule has 2 heterocycles. The van der Waals surface area contributed by atoms with E-state index in [1.54, 1.807) is 35.2 Å². The molecule has 2 saturated heterocycles. The van der Waals surface area contributed by atoms with Crippen molar-refractivity contribution in [3.8, 4) is 0 Å². The van der Waals surface area contributed by atoms with Crippen LogP contribution in [0.2, 0.25) is 0 Å². The average molecular weight is 488 g/mol. The summed E-state index contributed by atoms with van der Waals surface area (Å²) in [5.74, 6) is -2.59. The number of sulfonamides is 1. The minimum Gasteiger partial charge on any atom is -0.378 e. The molecule has 0 radical (unpaired) electrons. The summed E-state index contributed by atoms with van der Waals surface area (Å²) in [6.45, 7) is 1.36. The predicted octanol–water partition coefficient (Wildman–Crippen LogP) is 0.836. The zero-order chi connectivity index (χ0) is 23.8. The lowest BCUT2D eigenvalue weighted by Gasteiger charge is -2.40. The van der Waals surface area contributed by atoms with Gasteiger partial charge in [-0.2, -0.15) is 4.31 Å². The molecule has 0 aromatic heterocycles. The van der Waals surface area contributed by atoms with Crippen molar-refractivity contribution in [3.05, 3.63) is 35.9 Å². The maximum atomic E-state index is 14.1. The molecule has 184 valence electrons. The van der Waals surface area contributed by atoms with Crippen molar-refractivity contribution in [2.24, 2.45) is 5.92 Å². The molecule has 1 aromatic carbocycles. The molecule has 10 nitrogen and oxygen atoms in total. The maximum absolute atomic E-state index is 14.1. The highest BCUT2D eigenvalue weighted by Crippen LogP contribution is 2.29. The Labute approximate surface area is 192 Å². The molecule has 0 bridgehead atoms. The number of rotatable bonds is 9. The molecule has 2 N–H and O–H groups in total. The van der Waals surface area contributed by atoms with Crippen LogP contribution in [-0.4, -0.2) is 85.9 Å². The fourth-order valence-corrected chi connectivity index (χ4v) is 5.89. The Morgan fingerprint density at radius 1 is 1.21 bits per heavy atom. The third kappa shape index (κ3) is 6.48. The monoisotopic (exact) mass is 487 g/mol. The van der Waals surface area contributed by atoms with Crippen molar-refractivity contribution in [1.29, 1.82) is 0 Å². The Hall–Kier alpha value is -2.12. The lowest BCUT2D eigenvalue weighted by Crippen LogP contribution is -2.60. The number of benzene rings is 1. The predicted molar refractivity (Wildman–Crippen MR) is 115 cm³/mol. The lowest BCUT2D eigenvalue weighted by molar-refractivity contribution is -0.149. The molecule has 2 amide bonds. The Bertz CT molecular complexity index is 896. The van der Waals surface area contributed by atoms with Gasteiger partial charge in [0.05, 0.1) is 31.5 Å². The number of morpholine rings is 1. The van der Waals surface area contributed by atoms with Gasteiger partial charge in [0.2, 0.25) is 22.3 Å². The van der Waals surface area contributed by atoms with Crippen molar-refractivity contribution in [2.75, 3.05) is 45.2 Å². The van der Waals surface area contributed by atoms with Crippen molar-refractivity contribution >= 4 is 21.8 Å². The summed E-state index contributed by atoms with van der Waals surface area (Å²) >= 11 is 0. The SMILES string of the molecule is O=C(NO)C1C(C(=O)N2CCOCC2)CCCN1S(=O)(=O)CCCOC(F)c1ccccc1. The third-order valence-electron chi connectivity index (χ3n) is 5.83. The average Bonchev–Trinajstić information content (AvgIpc) is 2.86. The molecule has 3 rings (SSSR count). The van der Waals surface area contributed by atoms with Crippen molar-refractivity contribution in [1.82, 2.24) is 14.7 Å². The van der Waals surface area contributed by atoms with Gasteiger partial charge in [-0.1, -0.05) is 30.3 Å². The normalized spacial score (nSPS) is 23.2. The van der Waals surface area contributed by atoms with Crippen LogP contribution in [0.25, 0.3) is 0 Å². The van der Waals surface area contributed by atoms with E-state index in [4.69, 9.17) is 9.47 Å². The number of amides is 2. The van der Waals surface area contributed by atoms with E-state index in [0.29, 0.717) is 44.7 Å². The van der Waals surface area contributed by atoms with Gasteiger partial charge in [0.15, 0.2) is 0 Å². The largest absolute Gasteiger partial charge is 0.378 e. The highest BCUT2D eigenvalue weighted by molar-refractivity contribution is 7.89. The Morgan fingerprint density at radius 3 is 2.58 bits per heavy atom. The van der Waals surface area contributed by atoms with E-state index in [1.807, 2.05) is 0 Å². The molecule has 33 heavy (non-hydrogen) atoms. The van der Waals surface area contributed by atoms with Gasteiger partial charge in [-0.3, -0.25) is 14.8 Å². The fraction of sp³-hybridized carbons (Fsp3) is 0.619. The van der Waals surface area contributed by atoms with E-state index in [9.17, 15) is 27.6 Å². The number of nitrogens with zero attached hydrogens (tertiary/aromatic N) is 2.